The van der Waals surface area contributed by atoms with Gasteiger partial charge in [0.2, 0.25) is 0 Å². The van der Waals surface area contributed by atoms with E-state index in [1.54, 1.807) is 0 Å². The van der Waals surface area contributed by atoms with E-state index >= 15 is 0 Å². The van der Waals surface area contributed by atoms with Gasteiger partial charge in [-0.05, 0) is 52.2 Å². The van der Waals surface area contributed by atoms with Crippen LogP contribution in [0.15, 0.2) is 109 Å². The van der Waals surface area contributed by atoms with E-state index in [1.807, 2.05) is 11.3 Å². The Morgan fingerprint density at radius 3 is 2.27 bits per heavy atom. The maximum Gasteiger partial charge on any atom is 0.0590 e. The molecule has 2 heteroatoms. The molecule has 0 radical (unpaired) electrons. The van der Waals surface area contributed by atoms with Gasteiger partial charge in [-0.25, -0.2) is 0 Å². The summed E-state index contributed by atoms with van der Waals surface area (Å²) in [5.74, 6) is 0. The maximum atomic E-state index is 3.67. The molecular formula is C28H19NS. The van der Waals surface area contributed by atoms with Gasteiger partial charge in [-0.15, -0.1) is 11.3 Å². The Balaban J connectivity index is 1.41. The van der Waals surface area contributed by atoms with Crippen molar-refractivity contribution in [1.29, 1.82) is 0 Å². The molecule has 6 aromatic rings. The van der Waals surface area contributed by atoms with Crippen molar-refractivity contribution in [1.82, 2.24) is 0 Å². The van der Waals surface area contributed by atoms with Gasteiger partial charge in [0, 0.05) is 21.2 Å². The minimum Gasteiger partial charge on any atom is -0.354 e. The van der Waals surface area contributed by atoms with Crippen molar-refractivity contribution < 1.29 is 0 Å². The van der Waals surface area contributed by atoms with E-state index in [9.17, 15) is 0 Å². The lowest BCUT2D eigenvalue weighted by Crippen LogP contribution is -1.90. The summed E-state index contributed by atoms with van der Waals surface area (Å²) in [7, 11) is 0. The Hall–Kier alpha value is -3.62. The first-order valence-corrected chi connectivity index (χ1v) is 10.9. The molecule has 0 amide bonds. The summed E-state index contributed by atoms with van der Waals surface area (Å²) in [6.45, 7) is 0. The molecule has 0 aliphatic heterocycles. The van der Waals surface area contributed by atoms with E-state index in [1.165, 1.54) is 42.1 Å². The topological polar surface area (TPSA) is 12.0 Å². The van der Waals surface area contributed by atoms with Crippen LogP contribution in [0.25, 0.3) is 42.1 Å². The van der Waals surface area contributed by atoms with Crippen LogP contribution in [0.4, 0.5) is 11.4 Å². The lowest BCUT2D eigenvalue weighted by atomic mass is 10.0. The predicted molar refractivity (Wildman–Crippen MR) is 132 cm³/mol. The van der Waals surface area contributed by atoms with E-state index in [0.717, 1.165) is 11.4 Å². The maximum absolute atomic E-state index is 3.67. The fourth-order valence-corrected chi connectivity index (χ4v) is 5.32. The van der Waals surface area contributed by atoms with E-state index in [4.69, 9.17) is 0 Å². The Bertz CT molecular complexity index is 1530. The number of rotatable bonds is 3. The molecule has 0 unspecified atom stereocenters. The molecule has 1 heterocycles. The van der Waals surface area contributed by atoms with Gasteiger partial charge in [-0.1, -0.05) is 78.9 Å². The molecule has 142 valence electrons. The van der Waals surface area contributed by atoms with Gasteiger partial charge in [0.1, 0.15) is 0 Å². The van der Waals surface area contributed by atoms with Crippen LogP contribution in [0.3, 0.4) is 0 Å². The normalized spacial score (nSPS) is 11.3. The highest BCUT2D eigenvalue weighted by Crippen LogP contribution is 2.39. The number of thiophene rings is 1. The van der Waals surface area contributed by atoms with Crippen molar-refractivity contribution in [2.75, 3.05) is 5.32 Å². The van der Waals surface area contributed by atoms with Crippen LogP contribution in [0, 0.1) is 0 Å². The van der Waals surface area contributed by atoms with Crippen LogP contribution in [-0.4, -0.2) is 0 Å². The van der Waals surface area contributed by atoms with E-state index in [-0.39, 0.29) is 0 Å². The van der Waals surface area contributed by atoms with Gasteiger partial charge in [-0.2, -0.15) is 0 Å². The van der Waals surface area contributed by atoms with Crippen molar-refractivity contribution in [2.45, 2.75) is 0 Å². The first-order valence-electron chi connectivity index (χ1n) is 10.1. The summed E-state index contributed by atoms with van der Waals surface area (Å²) >= 11 is 1.85. The molecule has 0 saturated heterocycles. The third-order valence-electron chi connectivity index (χ3n) is 5.63. The Morgan fingerprint density at radius 2 is 1.30 bits per heavy atom. The van der Waals surface area contributed by atoms with Gasteiger partial charge >= 0.3 is 0 Å². The molecule has 0 bridgehead atoms. The molecule has 0 atom stereocenters. The summed E-state index contributed by atoms with van der Waals surface area (Å²) in [6.07, 6.45) is 0. The van der Waals surface area contributed by atoms with Gasteiger partial charge in [0.25, 0.3) is 0 Å². The fraction of sp³-hybridized carbons (Fsp3) is 0. The molecule has 0 aliphatic carbocycles. The van der Waals surface area contributed by atoms with Gasteiger partial charge in [0.05, 0.1) is 10.4 Å². The minimum absolute atomic E-state index is 1.10. The Kier molecular flexibility index (Phi) is 4.03. The number of benzene rings is 5. The molecule has 0 saturated carbocycles. The van der Waals surface area contributed by atoms with Crippen LogP contribution in [0.1, 0.15) is 0 Å². The van der Waals surface area contributed by atoms with Crippen LogP contribution in [0.5, 0.6) is 0 Å². The first-order chi connectivity index (χ1) is 14.8. The minimum atomic E-state index is 1.10. The molecule has 30 heavy (non-hydrogen) atoms. The Morgan fingerprint density at radius 1 is 0.533 bits per heavy atom. The Labute approximate surface area is 179 Å². The fourth-order valence-electron chi connectivity index (χ4n) is 4.15. The molecule has 1 aromatic heterocycles. The highest BCUT2D eigenvalue weighted by atomic mass is 32.1. The quantitative estimate of drug-likeness (QED) is 0.313. The van der Waals surface area contributed by atoms with E-state index in [2.05, 4.69) is 115 Å². The number of hydrogen-bond acceptors (Lipinski definition) is 2. The van der Waals surface area contributed by atoms with Crippen molar-refractivity contribution in [2.24, 2.45) is 0 Å². The summed E-state index contributed by atoms with van der Waals surface area (Å²) in [5, 5.41) is 8.84. The second-order valence-corrected chi connectivity index (χ2v) is 8.60. The third-order valence-corrected chi connectivity index (χ3v) is 6.85. The van der Waals surface area contributed by atoms with Crippen LogP contribution < -0.4 is 5.32 Å². The molecule has 0 aliphatic rings. The summed E-state index contributed by atoms with van der Waals surface area (Å²) in [4.78, 5) is 0. The van der Waals surface area contributed by atoms with Crippen LogP contribution >= 0.6 is 11.3 Å². The van der Waals surface area contributed by atoms with Crippen molar-refractivity contribution in [3.05, 3.63) is 109 Å². The zero-order valence-corrected chi connectivity index (χ0v) is 17.1. The number of fused-ring (bicyclic) bond motifs is 4. The average Bonchev–Trinajstić information content (AvgIpc) is 3.19. The second-order valence-electron chi connectivity index (χ2n) is 7.55. The summed E-state index contributed by atoms with van der Waals surface area (Å²) in [5.41, 5.74) is 4.71. The first kappa shape index (κ1) is 17.3. The monoisotopic (exact) mass is 401 g/mol. The highest BCUT2D eigenvalue weighted by molar-refractivity contribution is 7.26. The van der Waals surface area contributed by atoms with Crippen LogP contribution in [-0.2, 0) is 0 Å². The molecule has 5 aromatic carbocycles. The SMILES string of the molecule is c1cc(Nc2cccc3c2sc2ccccc23)cc(-c2ccc3ccccc3c2)c1. The molecular weight excluding hydrogens is 382 g/mol. The number of anilines is 2. The van der Waals surface area contributed by atoms with Gasteiger partial charge in [-0.3, -0.25) is 0 Å². The predicted octanol–water partition coefficient (Wildman–Crippen LogP) is 8.62. The van der Waals surface area contributed by atoms with Crippen molar-refractivity contribution >= 4 is 53.7 Å². The average molecular weight is 402 g/mol. The third kappa shape index (κ3) is 2.94. The van der Waals surface area contributed by atoms with Crippen LogP contribution in [0.2, 0.25) is 0 Å². The summed E-state index contributed by atoms with van der Waals surface area (Å²) in [6, 6.07) is 39.0. The molecule has 6 rings (SSSR count). The summed E-state index contributed by atoms with van der Waals surface area (Å²) < 4.78 is 2.63. The standard InChI is InChI=1S/C28H19NS/c1-2-8-20-17-22(16-15-19(20)7-1)21-9-5-10-23(18-21)29-26-13-6-12-25-24-11-3-4-14-27(24)30-28(25)26/h1-18,29H. The number of nitrogens with one attached hydrogen (secondary N) is 1. The molecule has 0 fully saturated rings. The smallest absolute Gasteiger partial charge is 0.0590 e. The highest BCUT2D eigenvalue weighted by Gasteiger charge is 2.09. The number of hydrogen-bond donors (Lipinski definition) is 1. The van der Waals surface area contributed by atoms with Gasteiger partial charge in [0.15, 0.2) is 0 Å². The van der Waals surface area contributed by atoms with E-state index < -0.39 is 0 Å². The zero-order valence-electron chi connectivity index (χ0n) is 16.3. The largest absolute Gasteiger partial charge is 0.354 e. The van der Waals surface area contributed by atoms with E-state index in [0.29, 0.717) is 0 Å². The van der Waals surface area contributed by atoms with Crippen molar-refractivity contribution in [3.8, 4) is 11.1 Å². The molecule has 0 spiro atoms. The molecule has 1 nitrogen and oxygen atoms in total. The zero-order chi connectivity index (χ0) is 19.9. The lowest BCUT2D eigenvalue weighted by molar-refractivity contribution is 1.57. The van der Waals surface area contributed by atoms with Crippen molar-refractivity contribution in [3.63, 3.8) is 0 Å². The lowest BCUT2D eigenvalue weighted by Gasteiger charge is -2.10. The second kappa shape index (κ2) is 7.01. The van der Waals surface area contributed by atoms with Gasteiger partial charge < -0.3 is 5.32 Å². The molecule has 1 N–H and O–H groups in total.